The molecule has 0 radical (unpaired) electrons. The molecule has 0 heterocycles. The van der Waals surface area contributed by atoms with Crippen LogP contribution in [-0.4, -0.2) is 37.0 Å². The summed E-state index contributed by atoms with van der Waals surface area (Å²) in [5.74, 6) is -1.13. The van der Waals surface area contributed by atoms with Crippen molar-refractivity contribution in [2.45, 2.75) is 44.6 Å². The largest absolute Gasteiger partial charge is 0.480 e. The second-order valence-corrected chi connectivity index (χ2v) is 9.16. The van der Waals surface area contributed by atoms with Crippen molar-refractivity contribution >= 4 is 27.8 Å². The number of rotatable bonds is 11. The van der Waals surface area contributed by atoms with Crippen LogP contribution in [-0.2, 0) is 14.8 Å². The fourth-order valence-electron chi connectivity index (χ4n) is 2.10. The first kappa shape index (κ1) is 23.4. The molecule has 2 N–H and O–H groups in total. The third-order valence-electron chi connectivity index (χ3n) is 3.64. The lowest BCUT2D eigenvalue weighted by atomic mass is 10.1. The van der Waals surface area contributed by atoms with Gasteiger partial charge in [-0.2, -0.15) is 16.5 Å². The Bertz CT molecular complexity index is 782. The number of halogens is 1. The number of carboxylic acid groups (broad SMARTS) is 1. The van der Waals surface area contributed by atoms with Crippen LogP contribution in [0.4, 0.5) is 4.39 Å². The molecule has 0 amide bonds. The van der Waals surface area contributed by atoms with Gasteiger partial charge in [0, 0.05) is 11.5 Å². The third kappa shape index (κ3) is 9.21. The average Bonchev–Trinajstić information content (AvgIpc) is 2.57. The second kappa shape index (κ2) is 11.3. The molecule has 0 aliphatic carbocycles. The van der Waals surface area contributed by atoms with E-state index in [0.29, 0.717) is 5.75 Å². The van der Waals surface area contributed by atoms with Crippen molar-refractivity contribution in [2.75, 3.05) is 11.5 Å². The van der Waals surface area contributed by atoms with Gasteiger partial charge in [-0.05, 0) is 57.9 Å². The van der Waals surface area contributed by atoms with Gasteiger partial charge in [-0.25, -0.2) is 12.8 Å². The van der Waals surface area contributed by atoms with Gasteiger partial charge in [-0.3, -0.25) is 4.79 Å². The standard InChI is InChI=1S/C19H26FNO4S2/c1-14(2)5-4-6-15(3)11-12-26-13-18(19(22)23)21-27(24,25)17-9-7-16(20)8-10-17/h5,7-11,18,21H,4,6,12-13H2,1-3H3,(H,22,23)/b15-11+/t18-/m0/s1. The van der Waals surface area contributed by atoms with Gasteiger partial charge in [0.05, 0.1) is 4.90 Å². The van der Waals surface area contributed by atoms with E-state index in [0.717, 1.165) is 37.1 Å². The van der Waals surface area contributed by atoms with Crippen LogP contribution in [0.5, 0.6) is 0 Å². The summed E-state index contributed by atoms with van der Waals surface area (Å²) >= 11 is 1.34. The highest BCUT2D eigenvalue weighted by atomic mass is 32.2. The van der Waals surface area contributed by atoms with E-state index >= 15 is 0 Å². The summed E-state index contributed by atoms with van der Waals surface area (Å²) in [4.78, 5) is 11.2. The van der Waals surface area contributed by atoms with Crippen molar-refractivity contribution in [1.82, 2.24) is 4.72 Å². The van der Waals surface area contributed by atoms with Crippen LogP contribution in [0.3, 0.4) is 0 Å². The molecular formula is C19H26FNO4S2. The van der Waals surface area contributed by atoms with Gasteiger partial charge in [0.15, 0.2) is 0 Å². The lowest BCUT2D eigenvalue weighted by Crippen LogP contribution is -2.42. The Morgan fingerprint density at radius 3 is 2.41 bits per heavy atom. The van der Waals surface area contributed by atoms with E-state index in [2.05, 4.69) is 10.8 Å². The number of benzene rings is 1. The van der Waals surface area contributed by atoms with Gasteiger partial charge in [0.1, 0.15) is 11.9 Å². The van der Waals surface area contributed by atoms with Crippen molar-refractivity contribution in [1.29, 1.82) is 0 Å². The molecule has 1 aromatic carbocycles. The van der Waals surface area contributed by atoms with Crippen LogP contribution in [0.15, 0.2) is 52.5 Å². The molecule has 150 valence electrons. The predicted octanol–water partition coefficient (Wildman–Crippen LogP) is 3.98. The summed E-state index contributed by atoms with van der Waals surface area (Å²) in [6, 6.07) is 2.97. The fourth-order valence-corrected chi connectivity index (χ4v) is 4.40. The quantitative estimate of drug-likeness (QED) is 0.422. The van der Waals surface area contributed by atoms with Crippen LogP contribution in [0.1, 0.15) is 33.6 Å². The molecule has 0 saturated heterocycles. The molecule has 0 aromatic heterocycles. The molecule has 1 rings (SSSR count). The fraction of sp³-hybridized carbons (Fsp3) is 0.421. The highest BCUT2D eigenvalue weighted by Gasteiger charge is 2.25. The molecule has 0 spiro atoms. The molecule has 0 aliphatic rings. The minimum atomic E-state index is -4.03. The van der Waals surface area contributed by atoms with Crippen molar-refractivity contribution in [3.05, 3.63) is 53.4 Å². The lowest BCUT2D eigenvalue weighted by molar-refractivity contribution is -0.138. The number of aliphatic carboxylic acids is 1. The minimum absolute atomic E-state index is 0.0908. The van der Waals surface area contributed by atoms with E-state index in [4.69, 9.17) is 0 Å². The normalized spacial score (nSPS) is 13.3. The Balaban J connectivity index is 2.58. The first-order valence-corrected chi connectivity index (χ1v) is 11.1. The summed E-state index contributed by atoms with van der Waals surface area (Å²) in [7, 11) is -4.03. The van der Waals surface area contributed by atoms with Crippen molar-refractivity contribution in [3.63, 3.8) is 0 Å². The van der Waals surface area contributed by atoms with E-state index in [1.165, 1.54) is 22.9 Å². The molecule has 8 heteroatoms. The number of nitrogens with one attached hydrogen (secondary N) is 1. The van der Waals surface area contributed by atoms with Crippen LogP contribution in [0.2, 0.25) is 0 Å². The Kier molecular flexibility index (Phi) is 9.76. The molecule has 0 aliphatic heterocycles. The number of thioether (sulfide) groups is 1. The van der Waals surface area contributed by atoms with Gasteiger partial charge >= 0.3 is 5.97 Å². The maximum Gasteiger partial charge on any atom is 0.322 e. The maximum absolute atomic E-state index is 12.9. The molecule has 0 bridgehead atoms. The van der Waals surface area contributed by atoms with E-state index in [9.17, 15) is 22.7 Å². The number of hydrogen-bond donors (Lipinski definition) is 2. The second-order valence-electron chi connectivity index (χ2n) is 6.37. The summed E-state index contributed by atoms with van der Waals surface area (Å²) in [6.45, 7) is 6.12. The zero-order valence-corrected chi connectivity index (χ0v) is 17.4. The van der Waals surface area contributed by atoms with Crippen molar-refractivity contribution < 1.29 is 22.7 Å². The van der Waals surface area contributed by atoms with Crippen molar-refractivity contribution in [2.24, 2.45) is 0 Å². The average molecular weight is 416 g/mol. The number of allylic oxidation sites excluding steroid dienone is 3. The topological polar surface area (TPSA) is 83.5 Å². The minimum Gasteiger partial charge on any atom is -0.480 e. The van der Waals surface area contributed by atoms with Crippen LogP contribution in [0.25, 0.3) is 0 Å². The third-order valence-corrected chi connectivity index (χ3v) is 6.10. The Morgan fingerprint density at radius 2 is 1.85 bits per heavy atom. The van der Waals surface area contributed by atoms with Gasteiger partial charge in [-0.15, -0.1) is 0 Å². The number of sulfonamides is 1. The number of carbonyl (C=O) groups is 1. The summed E-state index contributed by atoms with van der Waals surface area (Å²) in [6.07, 6.45) is 6.09. The molecule has 27 heavy (non-hydrogen) atoms. The van der Waals surface area contributed by atoms with Crippen LogP contribution in [0, 0.1) is 5.82 Å². The highest BCUT2D eigenvalue weighted by Crippen LogP contribution is 2.14. The SMILES string of the molecule is CC(C)=CCC/C(C)=C/CSC[C@H](NS(=O)(=O)c1ccc(F)cc1)C(=O)O. The first-order valence-electron chi connectivity index (χ1n) is 8.49. The van der Waals surface area contributed by atoms with Gasteiger partial charge < -0.3 is 5.11 Å². The van der Waals surface area contributed by atoms with Crippen LogP contribution >= 0.6 is 11.8 Å². The van der Waals surface area contributed by atoms with E-state index in [1.807, 2.05) is 26.8 Å². The highest BCUT2D eigenvalue weighted by molar-refractivity contribution is 7.99. The van der Waals surface area contributed by atoms with E-state index in [1.54, 1.807) is 0 Å². The van der Waals surface area contributed by atoms with Crippen LogP contribution < -0.4 is 4.72 Å². The molecule has 5 nitrogen and oxygen atoms in total. The summed E-state index contributed by atoms with van der Waals surface area (Å²) in [5.41, 5.74) is 2.48. The Hall–Kier alpha value is -1.64. The molecule has 0 unspecified atom stereocenters. The predicted molar refractivity (Wildman–Crippen MR) is 108 cm³/mol. The van der Waals surface area contributed by atoms with E-state index < -0.39 is 27.9 Å². The Morgan fingerprint density at radius 1 is 1.22 bits per heavy atom. The summed E-state index contributed by atoms with van der Waals surface area (Å²) < 4.78 is 39.6. The molecular weight excluding hydrogens is 389 g/mol. The lowest BCUT2D eigenvalue weighted by Gasteiger charge is -2.14. The molecule has 1 atom stereocenters. The number of carboxylic acids is 1. The van der Waals surface area contributed by atoms with E-state index in [-0.39, 0.29) is 10.6 Å². The maximum atomic E-state index is 12.9. The van der Waals surface area contributed by atoms with Gasteiger partial charge in [0.25, 0.3) is 0 Å². The number of hydrogen-bond acceptors (Lipinski definition) is 4. The zero-order valence-electron chi connectivity index (χ0n) is 15.7. The van der Waals surface area contributed by atoms with Gasteiger partial charge in [0.2, 0.25) is 10.0 Å². The Labute approximate surface area is 164 Å². The zero-order chi connectivity index (χ0) is 20.4. The molecule has 1 aromatic rings. The molecule has 0 fully saturated rings. The first-order chi connectivity index (χ1) is 12.6. The summed E-state index contributed by atoms with van der Waals surface area (Å²) in [5, 5.41) is 9.28. The molecule has 0 saturated carbocycles. The van der Waals surface area contributed by atoms with Gasteiger partial charge in [-0.1, -0.05) is 23.3 Å². The monoisotopic (exact) mass is 415 g/mol. The smallest absolute Gasteiger partial charge is 0.322 e. The van der Waals surface area contributed by atoms with Crippen molar-refractivity contribution in [3.8, 4) is 0 Å².